The molecule has 0 N–H and O–H groups in total. The molecule has 2 aromatic rings. The summed E-state index contributed by atoms with van der Waals surface area (Å²) in [6.07, 6.45) is 6.29. The zero-order valence-corrected chi connectivity index (χ0v) is 21.2. The first kappa shape index (κ1) is 27.4. The average Bonchev–Trinajstić information content (AvgIpc) is 2.91. The molecule has 6 nitrogen and oxygen atoms in total. The van der Waals surface area contributed by atoms with Gasteiger partial charge in [0.15, 0.2) is 12.6 Å². The van der Waals surface area contributed by atoms with Crippen LogP contribution in [0.2, 0.25) is 0 Å². The van der Waals surface area contributed by atoms with Crippen LogP contribution in [0.25, 0.3) is 12.2 Å². The Balaban J connectivity index is 1.30. The van der Waals surface area contributed by atoms with Gasteiger partial charge in [0.2, 0.25) is 0 Å². The number of carbonyl (C=O) groups excluding carboxylic acids is 2. The van der Waals surface area contributed by atoms with Crippen molar-refractivity contribution in [3.63, 3.8) is 0 Å². The van der Waals surface area contributed by atoms with E-state index in [1.165, 1.54) is 0 Å². The highest BCUT2D eigenvalue weighted by Gasteiger charge is 2.24. The lowest BCUT2D eigenvalue weighted by Crippen LogP contribution is -2.27. The second kappa shape index (κ2) is 13.8. The topological polar surface area (TPSA) is 71.1 Å². The van der Waals surface area contributed by atoms with Crippen LogP contribution >= 0.6 is 0 Å². The maximum Gasteiger partial charge on any atom is 0.340 e. The van der Waals surface area contributed by atoms with Crippen LogP contribution in [0, 0.1) is 11.8 Å². The third kappa shape index (κ3) is 8.47. The van der Waals surface area contributed by atoms with Crippen LogP contribution in [0.4, 0.5) is 0 Å². The first-order chi connectivity index (χ1) is 17.4. The smallest absolute Gasteiger partial charge is 0.340 e. The molecule has 0 spiro atoms. The van der Waals surface area contributed by atoms with E-state index in [4.69, 9.17) is 18.9 Å². The molecule has 0 amide bonds. The Morgan fingerprint density at radius 3 is 1.36 bits per heavy atom. The Morgan fingerprint density at radius 2 is 1.06 bits per heavy atom. The molecule has 2 aromatic carbocycles. The molecule has 3 rings (SSSR count). The van der Waals surface area contributed by atoms with Crippen LogP contribution in [0.5, 0.6) is 0 Å². The van der Waals surface area contributed by atoms with Crippen molar-refractivity contribution < 1.29 is 28.5 Å². The van der Waals surface area contributed by atoms with Gasteiger partial charge in [-0.15, -0.1) is 0 Å². The van der Waals surface area contributed by atoms with Crippen LogP contribution in [-0.4, -0.2) is 37.7 Å². The van der Waals surface area contributed by atoms with Crippen LogP contribution in [0.3, 0.4) is 0 Å². The lowest BCUT2D eigenvalue weighted by Gasteiger charge is -2.29. The van der Waals surface area contributed by atoms with Crippen molar-refractivity contribution in [3.8, 4) is 0 Å². The van der Waals surface area contributed by atoms with Crippen molar-refractivity contribution in [2.75, 3.05) is 13.2 Å². The van der Waals surface area contributed by atoms with E-state index in [1.807, 2.05) is 24.3 Å². The molecule has 0 aliphatic heterocycles. The molecule has 0 heterocycles. The molecule has 1 saturated carbocycles. The van der Waals surface area contributed by atoms with Gasteiger partial charge in [0.25, 0.3) is 0 Å². The highest BCUT2D eigenvalue weighted by molar-refractivity contribution is 5.90. The molecule has 0 aromatic heterocycles. The fraction of sp³-hybridized carbons (Fsp3) is 0.400. The van der Waals surface area contributed by atoms with Gasteiger partial charge >= 0.3 is 11.9 Å². The number of hydrogen-bond donors (Lipinski definition) is 0. The molecular formula is C30H36O6. The van der Waals surface area contributed by atoms with Gasteiger partial charge in [-0.2, -0.15) is 0 Å². The lowest BCUT2D eigenvalue weighted by atomic mass is 9.83. The minimum Gasteiger partial charge on any atom is -0.432 e. The van der Waals surface area contributed by atoms with Gasteiger partial charge in [-0.25, -0.2) is 9.59 Å². The predicted octanol–water partition coefficient (Wildman–Crippen LogP) is 6.52. The Kier molecular flexibility index (Phi) is 10.5. The van der Waals surface area contributed by atoms with Crippen LogP contribution in [0.15, 0.2) is 61.7 Å². The molecule has 0 radical (unpaired) electrons. The second-order valence-corrected chi connectivity index (χ2v) is 9.15. The number of benzene rings is 2. The summed E-state index contributed by atoms with van der Waals surface area (Å²) in [6, 6.07) is 14.2. The number of hydrogen-bond acceptors (Lipinski definition) is 6. The van der Waals surface area contributed by atoms with Gasteiger partial charge in [-0.05, 0) is 86.8 Å². The summed E-state index contributed by atoms with van der Waals surface area (Å²) in [5.41, 5.74) is 2.87. The minimum absolute atomic E-state index is 0.400. The van der Waals surface area contributed by atoms with E-state index >= 15 is 0 Å². The zero-order chi connectivity index (χ0) is 25.9. The molecule has 0 saturated heterocycles. The number of carbonyl (C=O) groups is 2. The first-order valence-corrected chi connectivity index (χ1v) is 12.5. The van der Waals surface area contributed by atoms with E-state index in [9.17, 15) is 9.59 Å². The third-order valence-corrected chi connectivity index (χ3v) is 6.41. The summed E-state index contributed by atoms with van der Waals surface area (Å²) < 4.78 is 22.4. The van der Waals surface area contributed by atoms with Gasteiger partial charge in [0.1, 0.15) is 0 Å². The summed E-state index contributed by atoms with van der Waals surface area (Å²) in [5, 5.41) is 0. The van der Waals surface area contributed by atoms with Crippen LogP contribution < -0.4 is 0 Å². The molecular weight excluding hydrogens is 456 g/mol. The van der Waals surface area contributed by atoms with Gasteiger partial charge in [0, 0.05) is 0 Å². The zero-order valence-electron chi connectivity index (χ0n) is 21.2. The molecule has 1 aliphatic rings. The Labute approximate surface area is 213 Å². The number of rotatable bonds is 12. The predicted molar refractivity (Wildman–Crippen MR) is 140 cm³/mol. The summed E-state index contributed by atoms with van der Waals surface area (Å²) in [6.45, 7) is 12.0. The summed E-state index contributed by atoms with van der Waals surface area (Å²) in [5.74, 6) is 0.0382. The summed E-state index contributed by atoms with van der Waals surface area (Å²) >= 11 is 0. The molecule has 1 fully saturated rings. The molecule has 2 atom stereocenters. The molecule has 1 aliphatic carbocycles. The van der Waals surface area contributed by atoms with E-state index in [-0.39, 0.29) is 0 Å². The maximum absolute atomic E-state index is 12.3. The van der Waals surface area contributed by atoms with E-state index in [2.05, 4.69) is 13.2 Å². The van der Waals surface area contributed by atoms with Crippen molar-refractivity contribution in [1.29, 1.82) is 0 Å². The van der Waals surface area contributed by atoms with Crippen molar-refractivity contribution in [2.24, 2.45) is 11.8 Å². The van der Waals surface area contributed by atoms with Crippen LogP contribution in [0.1, 0.15) is 71.4 Å². The van der Waals surface area contributed by atoms with Crippen LogP contribution in [-0.2, 0) is 18.9 Å². The Hall–Kier alpha value is -3.22. The van der Waals surface area contributed by atoms with Crippen molar-refractivity contribution in [3.05, 3.63) is 83.9 Å². The van der Waals surface area contributed by atoms with Crippen molar-refractivity contribution in [1.82, 2.24) is 0 Å². The highest BCUT2D eigenvalue weighted by Crippen LogP contribution is 2.30. The number of esters is 2. The van der Waals surface area contributed by atoms with Crippen molar-refractivity contribution >= 4 is 24.1 Å². The fourth-order valence-electron chi connectivity index (χ4n) is 4.12. The standard InChI is InChI=1S/C30H36O6/c1-5-23-11-15-27(16-12-23)29(31)35-21(3)33-19-25-7-9-26(10-8-25)20-34-22(4)36-30(32)28-17-13-24(6-2)14-18-28/h5-6,11-18,21-22,25-26H,1-2,7-10,19-20H2,3-4H3. The van der Waals surface area contributed by atoms with E-state index in [0.717, 1.165) is 36.8 Å². The van der Waals surface area contributed by atoms with E-state index in [1.54, 1.807) is 50.3 Å². The first-order valence-electron chi connectivity index (χ1n) is 12.5. The monoisotopic (exact) mass is 492 g/mol. The minimum atomic E-state index is -0.610. The number of ether oxygens (including phenoxy) is 4. The lowest BCUT2D eigenvalue weighted by molar-refractivity contribution is -0.119. The third-order valence-electron chi connectivity index (χ3n) is 6.41. The van der Waals surface area contributed by atoms with Crippen molar-refractivity contribution in [2.45, 2.75) is 52.1 Å². The second-order valence-electron chi connectivity index (χ2n) is 9.15. The fourth-order valence-corrected chi connectivity index (χ4v) is 4.12. The van der Waals surface area contributed by atoms with Gasteiger partial charge < -0.3 is 18.9 Å². The van der Waals surface area contributed by atoms with Gasteiger partial charge in [-0.3, -0.25) is 0 Å². The molecule has 192 valence electrons. The normalized spacial score (nSPS) is 19.1. The Morgan fingerprint density at radius 1 is 0.722 bits per heavy atom. The van der Waals surface area contributed by atoms with E-state index in [0.29, 0.717) is 36.2 Å². The Bertz CT molecular complexity index is 919. The summed E-state index contributed by atoms with van der Waals surface area (Å²) in [7, 11) is 0. The van der Waals surface area contributed by atoms with E-state index < -0.39 is 24.5 Å². The largest absolute Gasteiger partial charge is 0.432 e. The average molecular weight is 493 g/mol. The highest BCUT2D eigenvalue weighted by atomic mass is 16.7. The SMILES string of the molecule is C=Cc1ccc(C(=O)OC(C)OCC2CCC(COC(C)OC(=O)c3ccc(C=C)cc3)CC2)cc1. The quantitative estimate of drug-likeness (QED) is 0.248. The molecule has 36 heavy (non-hydrogen) atoms. The van der Waals surface area contributed by atoms with Gasteiger partial charge in [-0.1, -0.05) is 49.6 Å². The van der Waals surface area contributed by atoms with Gasteiger partial charge in [0.05, 0.1) is 24.3 Å². The molecule has 6 heteroatoms. The molecule has 0 bridgehead atoms. The maximum atomic E-state index is 12.3. The summed E-state index contributed by atoms with van der Waals surface area (Å²) in [4.78, 5) is 24.5. The molecule has 2 unspecified atom stereocenters.